The van der Waals surface area contributed by atoms with E-state index in [2.05, 4.69) is 28.2 Å². The number of nitrogens with one attached hydrogen (secondary N) is 1. The van der Waals surface area contributed by atoms with Crippen molar-refractivity contribution in [2.75, 3.05) is 19.7 Å². The van der Waals surface area contributed by atoms with Gasteiger partial charge in [-0.05, 0) is 43.8 Å². The molecule has 0 spiro atoms. The lowest BCUT2D eigenvalue weighted by Gasteiger charge is -2.06. The summed E-state index contributed by atoms with van der Waals surface area (Å²) in [5.41, 5.74) is 0. The van der Waals surface area contributed by atoms with Crippen LogP contribution in [0.1, 0.15) is 13.3 Å². The maximum atomic E-state index is 5.55. The van der Waals surface area contributed by atoms with E-state index in [0.29, 0.717) is 0 Å². The predicted molar refractivity (Wildman–Crippen MR) is 62.8 cm³/mol. The fourth-order valence-corrected chi connectivity index (χ4v) is 1.36. The van der Waals surface area contributed by atoms with Crippen LogP contribution in [0, 0.1) is 0 Å². The first-order chi connectivity index (χ1) is 6.83. The van der Waals surface area contributed by atoms with E-state index in [1.807, 2.05) is 24.3 Å². The highest BCUT2D eigenvalue weighted by Crippen LogP contribution is 2.15. The van der Waals surface area contributed by atoms with Gasteiger partial charge in [0.05, 0.1) is 6.61 Å². The van der Waals surface area contributed by atoms with Crippen molar-refractivity contribution in [2.24, 2.45) is 0 Å². The molecular weight excluding hydrogens is 242 g/mol. The molecule has 0 heterocycles. The van der Waals surface area contributed by atoms with E-state index >= 15 is 0 Å². The molecule has 0 aliphatic rings. The van der Waals surface area contributed by atoms with Crippen LogP contribution in [0.4, 0.5) is 0 Å². The smallest absolute Gasteiger partial charge is 0.119 e. The molecule has 0 aromatic heterocycles. The van der Waals surface area contributed by atoms with Crippen molar-refractivity contribution in [1.82, 2.24) is 5.32 Å². The van der Waals surface area contributed by atoms with Gasteiger partial charge in [0, 0.05) is 4.47 Å². The Bertz CT molecular complexity index is 248. The zero-order chi connectivity index (χ0) is 10.2. The maximum absolute atomic E-state index is 5.55. The molecule has 0 amide bonds. The number of benzene rings is 1. The van der Waals surface area contributed by atoms with Crippen molar-refractivity contribution in [2.45, 2.75) is 13.3 Å². The third kappa shape index (κ3) is 4.63. The first-order valence-electron chi connectivity index (χ1n) is 4.92. The summed E-state index contributed by atoms with van der Waals surface area (Å²) < 4.78 is 6.63. The molecule has 1 N–H and O–H groups in total. The van der Waals surface area contributed by atoms with Gasteiger partial charge in [-0.15, -0.1) is 0 Å². The number of halogens is 1. The van der Waals surface area contributed by atoms with Crippen molar-refractivity contribution < 1.29 is 4.74 Å². The van der Waals surface area contributed by atoms with Crippen LogP contribution in [0.2, 0.25) is 0 Å². The van der Waals surface area contributed by atoms with Crippen LogP contribution < -0.4 is 10.1 Å². The Hall–Kier alpha value is -0.540. The number of hydrogen-bond donors (Lipinski definition) is 1. The van der Waals surface area contributed by atoms with Crippen LogP contribution >= 0.6 is 15.9 Å². The minimum atomic E-state index is 0.772. The Morgan fingerprint density at radius 3 is 2.64 bits per heavy atom. The Morgan fingerprint density at radius 2 is 2.00 bits per heavy atom. The molecule has 0 radical (unpaired) electrons. The second kappa shape index (κ2) is 6.85. The minimum absolute atomic E-state index is 0.772. The first-order valence-corrected chi connectivity index (χ1v) is 5.71. The van der Waals surface area contributed by atoms with Crippen molar-refractivity contribution in [1.29, 1.82) is 0 Å². The summed E-state index contributed by atoms with van der Waals surface area (Å²) in [6, 6.07) is 7.91. The maximum Gasteiger partial charge on any atom is 0.119 e. The fourth-order valence-electron chi connectivity index (χ4n) is 1.09. The predicted octanol–water partition coefficient (Wildman–Crippen LogP) is 2.83. The molecule has 0 fully saturated rings. The van der Waals surface area contributed by atoms with Gasteiger partial charge in [0.25, 0.3) is 0 Å². The number of ether oxygens (including phenoxy) is 1. The molecule has 0 saturated heterocycles. The van der Waals surface area contributed by atoms with Crippen LogP contribution in [0.15, 0.2) is 28.7 Å². The Morgan fingerprint density at radius 1 is 1.29 bits per heavy atom. The van der Waals surface area contributed by atoms with Crippen molar-refractivity contribution in [3.63, 3.8) is 0 Å². The van der Waals surface area contributed by atoms with E-state index in [1.54, 1.807) is 0 Å². The van der Waals surface area contributed by atoms with Gasteiger partial charge in [-0.1, -0.05) is 22.9 Å². The zero-order valence-electron chi connectivity index (χ0n) is 8.42. The fraction of sp³-hybridized carbons (Fsp3) is 0.455. The van der Waals surface area contributed by atoms with Crippen LogP contribution in [0.25, 0.3) is 0 Å². The van der Waals surface area contributed by atoms with E-state index in [9.17, 15) is 0 Å². The van der Waals surface area contributed by atoms with E-state index in [4.69, 9.17) is 4.74 Å². The molecule has 1 aromatic carbocycles. The summed E-state index contributed by atoms with van der Waals surface area (Å²) in [5, 5.41) is 3.26. The number of rotatable bonds is 6. The molecule has 2 nitrogen and oxygen atoms in total. The van der Waals surface area contributed by atoms with Gasteiger partial charge in [-0.2, -0.15) is 0 Å². The van der Waals surface area contributed by atoms with Gasteiger partial charge in [-0.25, -0.2) is 0 Å². The van der Waals surface area contributed by atoms with Gasteiger partial charge in [-0.3, -0.25) is 0 Å². The molecule has 1 aromatic rings. The highest BCUT2D eigenvalue weighted by atomic mass is 79.9. The van der Waals surface area contributed by atoms with E-state index in [-0.39, 0.29) is 0 Å². The van der Waals surface area contributed by atoms with Gasteiger partial charge >= 0.3 is 0 Å². The number of hydrogen-bond acceptors (Lipinski definition) is 2. The molecule has 1 rings (SSSR count). The lowest BCUT2D eigenvalue weighted by molar-refractivity contribution is 0.308. The second-order valence-corrected chi connectivity index (χ2v) is 3.93. The first kappa shape index (κ1) is 11.5. The summed E-state index contributed by atoms with van der Waals surface area (Å²) >= 11 is 3.38. The topological polar surface area (TPSA) is 21.3 Å². The molecule has 0 aliphatic carbocycles. The van der Waals surface area contributed by atoms with Crippen LogP contribution in [-0.2, 0) is 0 Å². The molecule has 0 aliphatic heterocycles. The second-order valence-electron chi connectivity index (χ2n) is 3.01. The van der Waals surface area contributed by atoms with Gasteiger partial charge in [0.15, 0.2) is 0 Å². The molecule has 0 bridgehead atoms. The average molecular weight is 258 g/mol. The van der Waals surface area contributed by atoms with Crippen molar-refractivity contribution in [3.8, 4) is 5.75 Å². The summed E-state index contributed by atoms with van der Waals surface area (Å²) in [4.78, 5) is 0. The Balaban J connectivity index is 2.15. The Labute approximate surface area is 93.8 Å². The highest BCUT2D eigenvalue weighted by Gasteiger charge is 1.92. The minimum Gasteiger partial charge on any atom is -0.494 e. The molecule has 0 saturated carbocycles. The Kier molecular flexibility index (Phi) is 5.64. The van der Waals surface area contributed by atoms with E-state index < -0.39 is 0 Å². The van der Waals surface area contributed by atoms with Gasteiger partial charge in [0.2, 0.25) is 0 Å². The third-order valence-corrected chi connectivity index (χ3v) is 2.36. The summed E-state index contributed by atoms with van der Waals surface area (Å²) in [6.45, 7) is 4.93. The molecule has 0 unspecified atom stereocenters. The standard InChI is InChI=1S/C11H16BrNO/c1-2-13-8-3-9-14-11-6-4-10(12)5-7-11/h4-7,13H,2-3,8-9H2,1H3. The van der Waals surface area contributed by atoms with Gasteiger partial charge < -0.3 is 10.1 Å². The van der Waals surface area contributed by atoms with Crippen molar-refractivity contribution in [3.05, 3.63) is 28.7 Å². The third-order valence-electron chi connectivity index (χ3n) is 1.83. The summed E-state index contributed by atoms with van der Waals surface area (Å²) in [7, 11) is 0. The quantitative estimate of drug-likeness (QED) is 0.792. The van der Waals surface area contributed by atoms with Gasteiger partial charge in [0.1, 0.15) is 5.75 Å². The van der Waals surface area contributed by atoms with Crippen molar-refractivity contribution >= 4 is 15.9 Å². The van der Waals surface area contributed by atoms with Crippen LogP contribution in [-0.4, -0.2) is 19.7 Å². The molecule has 78 valence electrons. The monoisotopic (exact) mass is 257 g/mol. The molecule has 0 atom stereocenters. The SMILES string of the molecule is CCNCCCOc1ccc(Br)cc1. The molecule has 14 heavy (non-hydrogen) atoms. The van der Waals surface area contributed by atoms with E-state index in [0.717, 1.165) is 36.3 Å². The normalized spacial score (nSPS) is 10.1. The largest absolute Gasteiger partial charge is 0.494 e. The lowest BCUT2D eigenvalue weighted by Crippen LogP contribution is -2.16. The highest BCUT2D eigenvalue weighted by molar-refractivity contribution is 9.10. The van der Waals surface area contributed by atoms with E-state index in [1.165, 1.54) is 0 Å². The van der Waals surface area contributed by atoms with Crippen LogP contribution in [0.5, 0.6) is 5.75 Å². The van der Waals surface area contributed by atoms with Crippen LogP contribution in [0.3, 0.4) is 0 Å². The average Bonchev–Trinajstić information content (AvgIpc) is 2.21. The lowest BCUT2D eigenvalue weighted by atomic mass is 10.3. The molecule has 3 heteroatoms. The molecular formula is C11H16BrNO. The summed E-state index contributed by atoms with van der Waals surface area (Å²) in [5.74, 6) is 0.935. The zero-order valence-corrected chi connectivity index (χ0v) is 10.0. The summed E-state index contributed by atoms with van der Waals surface area (Å²) in [6.07, 6.45) is 1.05.